The second-order valence-electron chi connectivity index (χ2n) is 5.99. The van der Waals surface area contributed by atoms with Crippen LogP contribution in [0, 0.1) is 18.3 Å². The Balaban J connectivity index is 1.74. The minimum atomic E-state index is -0.432. The minimum absolute atomic E-state index is 0.113. The average molecular weight is 391 g/mol. The molecule has 6 nitrogen and oxygen atoms in total. The lowest BCUT2D eigenvalue weighted by atomic mass is 10.1. The quantitative estimate of drug-likeness (QED) is 0.689. The fraction of sp³-hybridized carbons (Fsp3) is 0.0476. The predicted molar refractivity (Wildman–Crippen MR) is 107 cm³/mol. The molecule has 3 aromatic rings. The van der Waals surface area contributed by atoms with Gasteiger partial charge in [0.2, 0.25) is 0 Å². The van der Waals surface area contributed by atoms with Crippen LogP contribution in [0.3, 0.4) is 0 Å². The first-order chi connectivity index (χ1) is 13.5. The number of carbonyl (C=O) groups excluding carboxylic acids is 2. The number of nitrogens with zero attached hydrogens (tertiary/aromatic N) is 2. The lowest BCUT2D eigenvalue weighted by Gasteiger charge is -2.09. The van der Waals surface area contributed by atoms with Gasteiger partial charge in [0.15, 0.2) is 0 Å². The normalized spacial score (nSPS) is 10.0. The highest BCUT2D eigenvalue weighted by atomic mass is 35.5. The topological polar surface area (TPSA) is 94.9 Å². The molecule has 2 aromatic carbocycles. The highest BCUT2D eigenvalue weighted by Crippen LogP contribution is 2.20. The van der Waals surface area contributed by atoms with Crippen molar-refractivity contribution in [2.75, 3.05) is 10.6 Å². The van der Waals surface area contributed by atoms with Crippen LogP contribution in [-0.2, 0) is 0 Å². The van der Waals surface area contributed by atoms with E-state index in [0.29, 0.717) is 22.0 Å². The number of nitrogens with one attached hydrogen (secondary N) is 2. The van der Waals surface area contributed by atoms with Crippen LogP contribution in [0.4, 0.5) is 11.4 Å². The number of benzene rings is 2. The van der Waals surface area contributed by atoms with Gasteiger partial charge in [0, 0.05) is 28.2 Å². The highest BCUT2D eigenvalue weighted by Gasteiger charge is 2.13. The molecular weight excluding hydrogens is 376 g/mol. The van der Waals surface area contributed by atoms with E-state index >= 15 is 0 Å². The molecule has 0 fully saturated rings. The molecule has 0 aliphatic heterocycles. The molecule has 7 heteroatoms. The first kappa shape index (κ1) is 19.1. The number of pyridine rings is 1. The van der Waals surface area contributed by atoms with Gasteiger partial charge in [-0.15, -0.1) is 0 Å². The van der Waals surface area contributed by atoms with E-state index in [1.54, 1.807) is 42.5 Å². The van der Waals surface area contributed by atoms with E-state index in [9.17, 15) is 9.59 Å². The molecule has 0 aliphatic carbocycles. The monoisotopic (exact) mass is 390 g/mol. The van der Waals surface area contributed by atoms with E-state index < -0.39 is 5.91 Å². The molecule has 0 unspecified atom stereocenters. The molecule has 0 bridgehead atoms. The van der Waals surface area contributed by atoms with Gasteiger partial charge < -0.3 is 10.6 Å². The number of rotatable bonds is 4. The summed E-state index contributed by atoms with van der Waals surface area (Å²) in [4.78, 5) is 29.0. The maximum Gasteiger partial charge on any atom is 0.274 e. The summed E-state index contributed by atoms with van der Waals surface area (Å²) in [5.74, 6) is -0.817. The van der Waals surface area contributed by atoms with Crippen molar-refractivity contribution in [2.45, 2.75) is 6.92 Å². The van der Waals surface area contributed by atoms with E-state index in [1.165, 1.54) is 18.3 Å². The van der Waals surface area contributed by atoms with Crippen LogP contribution in [0.25, 0.3) is 0 Å². The summed E-state index contributed by atoms with van der Waals surface area (Å²) in [6.45, 7) is 1.83. The largest absolute Gasteiger partial charge is 0.322 e. The molecule has 3 rings (SSSR count). The van der Waals surface area contributed by atoms with Gasteiger partial charge in [-0.1, -0.05) is 11.6 Å². The fourth-order valence-corrected chi connectivity index (χ4v) is 2.71. The van der Waals surface area contributed by atoms with E-state index in [0.717, 1.165) is 5.56 Å². The molecule has 0 atom stereocenters. The number of amides is 2. The molecule has 1 heterocycles. The molecule has 0 spiro atoms. The number of halogens is 1. The van der Waals surface area contributed by atoms with E-state index in [1.807, 2.05) is 13.0 Å². The first-order valence-corrected chi connectivity index (χ1v) is 8.69. The van der Waals surface area contributed by atoms with Gasteiger partial charge in [-0.25, -0.2) is 0 Å². The van der Waals surface area contributed by atoms with E-state index in [2.05, 4.69) is 15.6 Å². The van der Waals surface area contributed by atoms with Crippen molar-refractivity contribution in [3.63, 3.8) is 0 Å². The minimum Gasteiger partial charge on any atom is -0.322 e. The lowest BCUT2D eigenvalue weighted by molar-refractivity contribution is 0.102. The third-order valence-electron chi connectivity index (χ3n) is 3.96. The third kappa shape index (κ3) is 4.53. The molecular formula is C21H15ClN4O2. The summed E-state index contributed by atoms with van der Waals surface area (Å²) in [6, 6.07) is 16.6. The van der Waals surface area contributed by atoms with Crippen molar-refractivity contribution in [1.82, 2.24) is 4.98 Å². The Kier molecular flexibility index (Phi) is 5.68. The highest BCUT2D eigenvalue weighted by molar-refractivity contribution is 6.30. The van der Waals surface area contributed by atoms with Crippen molar-refractivity contribution in [3.8, 4) is 6.07 Å². The maximum absolute atomic E-state index is 12.5. The van der Waals surface area contributed by atoms with Crippen LogP contribution in [0.1, 0.15) is 32.0 Å². The van der Waals surface area contributed by atoms with Crippen molar-refractivity contribution in [3.05, 3.63) is 88.2 Å². The van der Waals surface area contributed by atoms with E-state index in [4.69, 9.17) is 16.9 Å². The average Bonchev–Trinajstić information content (AvgIpc) is 2.70. The second kappa shape index (κ2) is 8.33. The molecule has 28 heavy (non-hydrogen) atoms. The van der Waals surface area contributed by atoms with Crippen LogP contribution in [0.5, 0.6) is 0 Å². The second-order valence-corrected chi connectivity index (χ2v) is 6.42. The van der Waals surface area contributed by atoms with E-state index in [-0.39, 0.29) is 17.2 Å². The van der Waals surface area contributed by atoms with Crippen LogP contribution in [0.15, 0.2) is 60.8 Å². The van der Waals surface area contributed by atoms with Crippen LogP contribution >= 0.6 is 11.6 Å². The fourth-order valence-electron chi connectivity index (χ4n) is 2.48. The summed E-state index contributed by atoms with van der Waals surface area (Å²) < 4.78 is 0. The summed E-state index contributed by atoms with van der Waals surface area (Å²) in [7, 11) is 0. The first-order valence-electron chi connectivity index (χ1n) is 8.31. The summed E-state index contributed by atoms with van der Waals surface area (Å²) in [6.07, 6.45) is 1.40. The van der Waals surface area contributed by atoms with Gasteiger partial charge in [0.05, 0.1) is 11.6 Å². The Morgan fingerprint density at radius 1 is 1.00 bits per heavy atom. The molecule has 1 aromatic heterocycles. The maximum atomic E-state index is 12.5. The predicted octanol–water partition coefficient (Wildman–Crippen LogP) is 4.42. The smallest absolute Gasteiger partial charge is 0.274 e. The van der Waals surface area contributed by atoms with Gasteiger partial charge in [0.25, 0.3) is 11.8 Å². The summed E-state index contributed by atoms with van der Waals surface area (Å²) in [5, 5.41) is 14.9. The molecule has 0 saturated carbocycles. The summed E-state index contributed by atoms with van der Waals surface area (Å²) in [5.41, 5.74) is 2.88. The Morgan fingerprint density at radius 3 is 2.43 bits per heavy atom. The van der Waals surface area contributed by atoms with Gasteiger partial charge >= 0.3 is 0 Å². The lowest BCUT2D eigenvalue weighted by Crippen LogP contribution is -2.17. The van der Waals surface area contributed by atoms with Crippen LogP contribution in [0.2, 0.25) is 5.02 Å². The summed E-state index contributed by atoms with van der Waals surface area (Å²) >= 11 is 5.92. The van der Waals surface area contributed by atoms with Gasteiger partial charge in [-0.2, -0.15) is 5.26 Å². The standard InChI is InChI=1S/C21H15ClN4O2/c1-13-10-16(22)4-7-18(13)26-21(28)19-11-15(8-9-24-19)20(27)25-17-5-2-14(12-23)3-6-17/h2-11H,1H3,(H,25,27)(H,26,28). The van der Waals surface area contributed by atoms with Crippen molar-refractivity contribution in [2.24, 2.45) is 0 Å². The Hall–Kier alpha value is -3.69. The van der Waals surface area contributed by atoms with Gasteiger partial charge in [-0.05, 0) is 67.1 Å². The number of carbonyl (C=O) groups is 2. The number of anilines is 2. The Bertz CT molecular complexity index is 1090. The third-order valence-corrected chi connectivity index (χ3v) is 4.20. The molecule has 2 N–H and O–H groups in total. The van der Waals surface area contributed by atoms with Gasteiger partial charge in [-0.3, -0.25) is 14.6 Å². The molecule has 0 saturated heterocycles. The van der Waals surface area contributed by atoms with Gasteiger partial charge in [0.1, 0.15) is 5.69 Å². The van der Waals surface area contributed by atoms with Crippen molar-refractivity contribution >= 4 is 34.8 Å². The number of hydrogen-bond donors (Lipinski definition) is 2. The zero-order chi connectivity index (χ0) is 20.1. The molecule has 0 aliphatic rings. The number of aryl methyl sites for hydroxylation is 1. The van der Waals surface area contributed by atoms with Crippen LogP contribution < -0.4 is 10.6 Å². The Labute approximate surface area is 166 Å². The number of nitriles is 1. The van der Waals surface area contributed by atoms with Crippen molar-refractivity contribution in [1.29, 1.82) is 5.26 Å². The van der Waals surface area contributed by atoms with Crippen LogP contribution in [-0.4, -0.2) is 16.8 Å². The van der Waals surface area contributed by atoms with Crippen molar-refractivity contribution < 1.29 is 9.59 Å². The zero-order valence-electron chi connectivity index (χ0n) is 14.9. The SMILES string of the molecule is Cc1cc(Cl)ccc1NC(=O)c1cc(C(=O)Nc2ccc(C#N)cc2)ccn1. The zero-order valence-corrected chi connectivity index (χ0v) is 15.6. The molecule has 138 valence electrons. The number of hydrogen-bond acceptors (Lipinski definition) is 4. The molecule has 2 amide bonds. The Morgan fingerprint density at radius 2 is 1.75 bits per heavy atom. The number of aromatic nitrogens is 1. The molecule has 0 radical (unpaired) electrons.